The van der Waals surface area contributed by atoms with E-state index in [1.54, 1.807) is 72.8 Å². The minimum atomic E-state index is -2.16. The topological polar surface area (TPSA) is 60.9 Å². The number of benzene rings is 3. The van der Waals surface area contributed by atoms with Crippen LogP contribution < -0.4 is 9.80 Å². The van der Waals surface area contributed by atoms with Crippen molar-refractivity contribution in [3.05, 3.63) is 92.9 Å². The van der Waals surface area contributed by atoms with Gasteiger partial charge in [0.1, 0.15) is 0 Å². The number of aryl methyl sites for hydroxylation is 1. The lowest BCUT2D eigenvalue weighted by atomic mass is 9.99. The molecule has 1 fully saturated rings. The number of aliphatic hydroxyl groups is 1. The number of imide groups is 1. The Balaban J connectivity index is 1.90. The molecular weight excluding hydrogens is 500 g/mol. The number of urea groups is 1. The summed E-state index contributed by atoms with van der Waals surface area (Å²) >= 11 is 6.72. The third-order valence-electron chi connectivity index (χ3n) is 4.83. The zero-order valence-corrected chi connectivity index (χ0v) is 18.5. The molecule has 1 atom stereocenters. The summed E-state index contributed by atoms with van der Waals surface area (Å²) in [6.07, 6.45) is 0. The van der Waals surface area contributed by atoms with Gasteiger partial charge in [0.15, 0.2) is 0 Å². The maximum absolute atomic E-state index is 13.5. The minimum Gasteiger partial charge on any atom is -0.359 e. The maximum Gasteiger partial charge on any atom is 0.339 e. The van der Waals surface area contributed by atoms with Gasteiger partial charge in [0, 0.05) is 20.2 Å². The Labute approximate surface area is 184 Å². The van der Waals surface area contributed by atoms with Crippen molar-refractivity contribution < 1.29 is 14.7 Å². The molecular formula is C22H16Br2N2O3. The molecule has 0 radical (unpaired) electrons. The van der Waals surface area contributed by atoms with E-state index in [1.807, 2.05) is 6.92 Å². The van der Waals surface area contributed by atoms with E-state index < -0.39 is 17.7 Å². The Kier molecular flexibility index (Phi) is 5.06. The monoisotopic (exact) mass is 514 g/mol. The Morgan fingerprint density at radius 2 is 1.24 bits per heavy atom. The van der Waals surface area contributed by atoms with Crippen LogP contribution in [-0.2, 0) is 10.5 Å². The molecule has 1 aliphatic rings. The van der Waals surface area contributed by atoms with E-state index in [-0.39, 0.29) is 0 Å². The van der Waals surface area contributed by atoms with Gasteiger partial charge in [0.2, 0.25) is 0 Å². The highest BCUT2D eigenvalue weighted by molar-refractivity contribution is 9.10. The van der Waals surface area contributed by atoms with Gasteiger partial charge in [-0.2, -0.15) is 0 Å². The summed E-state index contributed by atoms with van der Waals surface area (Å²) in [4.78, 5) is 29.0. The quantitative estimate of drug-likeness (QED) is 0.479. The fourth-order valence-electron chi connectivity index (χ4n) is 3.32. The summed E-state index contributed by atoms with van der Waals surface area (Å²) in [6, 6.07) is 20.0. The van der Waals surface area contributed by atoms with Crippen molar-refractivity contribution in [2.75, 3.05) is 9.80 Å². The van der Waals surface area contributed by atoms with Gasteiger partial charge >= 0.3 is 6.03 Å². The van der Waals surface area contributed by atoms with E-state index in [0.29, 0.717) is 16.9 Å². The Hall–Kier alpha value is -2.48. The van der Waals surface area contributed by atoms with E-state index in [9.17, 15) is 14.7 Å². The number of hydrogen-bond acceptors (Lipinski definition) is 3. The molecule has 5 nitrogen and oxygen atoms in total. The number of amides is 3. The second-order valence-electron chi connectivity index (χ2n) is 6.75. The largest absolute Gasteiger partial charge is 0.359 e. The predicted octanol–water partition coefficient (Wildman–Crippen LogP) is 5.34. The van der Waals surface area contributed by atoms with Gasteiger partial charge in [-0.25, -0.2) is 9.69 Å². The first kappa shape index (κ1) is 19.8. The Morgan fingerprint density at radius 3 is 1.76 bits per heavy atom. The van der Waals surface area contributed by atoms with Gasteiger partial charge in [-0.15, -0.1) is 0 Å². The fraction of sp³-hybridized carbons (Fsp3) is 0.0909. The molecule has 0 aliphatic carbocycles. The second kappa shape index (κ2) is 7.40. The van der Waals surface area contributed by atoms with Gasteiger partial charge in [0.05, 0.1) is 5.69 Å². The van der Waals surface area contributed by atoms with Gasteiger partial charge < -0.3 is 5.11 Å². The van der Waals surface area contributed by atoms with Crippen LogP contribution in [-0.4, -0.2) is 17.0 Å². The standard InChI is InChI=1S/C22H16Br2N2O3/c1-14-2-4-15(5-3-14)22(29)20(27)25(18-10-6-16(23)7-11-18)21(28)26(22)19-12-8-17(24)9-13-19/h2-13,29H,1H3. The number of nitrogens with zero attached hydrogens (tertiary/aromatic N) is 2. The average Bonchev–Trinajstić information content (AvgIpc) is 2.91. The molecule has 0 bridgehead atoms. The van der Waals surface area contributed by atoms with Crippen molar-refractivity contribution in [2.45, 2.75) is 12.6 Å². The lowest BCUT2D eigenvalue weighted by molar-refractivity contribution is -0.133. The van der Waals surface area contributed by atoms with Crippen LogP contribution in [0, 0.1) is 6.92 Å². The third kappa shape index (κ3) is 3.29. The minimum absolute atomic E-state index is 0.323. The van der Waals surface area contributed by atoms with Crippen LogP contribution in [0.4, 0.5) is 16.2 Å². The predicted molar refractivity (Wildman–Crippen MR) is 119 cm³/mol. The van der Waals surface area contributed by atoms with Crippen LogP contribution in [0.1, 0.15) is 11.1 Å². The van der Waals surface area contributed by atoms with Crippen LogP contribution in [0.3, 0.4) is 0 Å². The molecule has 7 heteroatoms. The smallest absolute Gasteiger partial charge is 0.339 e. The van der Waals surface area contributed by atoms with Crippen molar-refractivity contribution in [1.82, 2.24) is 0 Å². The lowest BCUT2D eigenvalue weighted by Gasteiger charge is -2.30. The molecule has 0 spiro atoms. The van der Waals surface area contributed by atoms with Gasteiger partial charge in [-0.05, 0) is 55.5 Å². The normalized spacial score (nSPS) is 19.2. The number of anilines is 2. The number of carbonyl (C=O) groups is 2. The zero-order chi connectivity index (χ0) is 20.8. The molecule has 4 rings (SSSR count). The molecule has 29 heavy (non-hydrogen) atoms. The average molecular weight is 516 g/mol. The highest BCUT2D eigenvalue weighted by atomic mass is 79.9. The third-order valence-corrected chi connectivity index (χ3v) is 5.89. The summed E-state index contributed by atoms with van der Waals surface area (Å²) in [5.41, 5.74) is -0.0632. The lowest BCUT2D eigenvalue weighted by Crippen LogP contribution is -2.47. The van der Waals surface area contributed by atoms with Crippen molar-refractivity contribution in [3.8, 4) is 0 Å². The number of hydrogen-bond donors (Lipinski definition) is 1. The first-order valence-corrected chi connectivity index (χ1v) is 10.4. The fourth-order valence-corrected chi connectivity index (χ4v) is 3.85. The van der Waals surface area contributed by atoms with Crippen LogP contribution in [0.5, 0.6) is 0 Å². The van der Waals surface area contributed by atoms with E-state index in [1.165, 1.54) is 0 Å². The van der Waals surface area contributed by atoms with Crippen LogP contribution in [0.15, 0.2) is 81.7 Å². The first-order valence-electron chi connectivity index (χ1n) is 8.82. The summed E-state index contributed by atoms with van der Waals surface area (Å²) in [5.74, 6) is -0.725. The van der Waals surface area contributed by atoms with E-state index in [2.05, 4.69) is 31.9 Å². The summed E-state index contributed by atoms with van der Waals surface area (Å²) in [6.45, 7) is 1.91. The SMILES string of the molecule is Cc1ccc(C2(O)C(=O)N(c3ccc(Br)cc3)C(=O)N2c2ccc(Br)cc2)cc1. The summed E-state index contributed by atoms with van der Waals surface area (Å²) in [7, 11) is 0. The summed E-state index contributed by atoms with van der Waals surface area (Å²) in [5, 5.41) is 11.7. The number of carbonyl (C=O) groups excluding carboxylic acids is 2. The number of rotatable bonds is 3. The molecule has 1 heterocycles. The molecule has 3 aromatic rings. The van der Waals surface area contributed by atoms with E-state index >= 15 is 0 Å². The van der Waals surface area contributed by atoms with Crippen molar-refractivity contribution >= 4 is 55.2 Å². The van der Waals surface area contributed by atoms with Crippen LogP contribution in [0.2, 0.25) is 0 Å². The van der Waals surface area contributed by atoms with Gasteiger partial charge in [-0.1, -0.05) is 61.7 Å². The van der Waals surface area contributed by atoms with Gasteiger partial charge in [-0.3, -0.25) is 9.69 Å². The molecule has 146 valence electrons. The number of halogens is 2. The highest BCUT2D eigenvalue weighted by Crippen LogP contribution is 2.41. The molecule has 1 aliphatic heterocycles. The van der Waals surface area contributed by atoms with Crippen molar-refractivity contribution in [2.24, 2.45) is 0 Å². The molecule has 0 aromatic heterocycles. The summed E-state index contributed by atoms with van der Waals surface area (Å²) < 4.78 is 1.64. The van der Waals surface area contributed by atoms with Gasteiger partial charge in [0.25, 0.3) is 11.6 Å². The maximum atomic E-state index is 13.5. The van der Waals surface area contributed by atoms with E-state index in [4.69, 9.17) is 0 Å². The van der Waals surface area contributed by atoms with Crippen molar-refractivity contribution in [1.29, 1.82) is 0 Å². The first-order chi connectivity index (χ1) is 13.8. The highest BCUT2D eigenvalue weighted by Gasteiger charge is 2.59. The zero-order valence-electron chi connectivity index (χ0n) is 15.3. The van der Waals surface area contributed by atoms with Crippen LogP contribution >= 0.6 is 31.9 Å². The Bertz CT molecular complexity index is 1080. The molecule has 3 aromatic carbocycles. The molecule has 3 amide bonds. The van der Waals surface area contributed by atoms with E-state index in [0.717, 1.165) is 24.3 Å². The molecule has 1 unspecified atom stereocenters. The second-order valence-corrected chi connectivity index (χ2v) is 8.58. The molecule has 0 saturated carbocycles. The van der Waals surface area contributed by atoms with Crippen LogP contribution in [0.25, 0.3) is 0 Å². The molecule has 1 N–H and O–H groups in total. The molecule has 1 saturated heterocycles. The Morgan fingerprint density at radius 1 is 0.759 bits per heavy atom. The van der Waals surface area contributed by atoms with Crippen molar-refractivity contribution in [3.63, 3.8) is 0 Å².